The second-order valence-corrected chi connectivity index (χ2v) is 4.98. The molecule has 1 N–H and O–H groups in total. The predicted octanol–water partition coefficient (Wildman–Crippen LogP) is 3.71. The van der Waals surface area contributed by atoms with Gasteiger partial charge in [-0.05, 0) is 24.3 Å². The van der Waals surface area contributed by atoms with Crippen molar-refractivity contribution in [2.45, 2.75) is 5.16 Å². The van der Waals surface area contributed by atoms with E-state index >= 15 is 0 Å². The van der Waals surface area contributed by atoms with Crippen LogP contribution in [0.4, 0.5) is 0 Å². The fraction of sp³-hybridized carbons (Fsp3) is 0.0625. The minimum absolute atomic E-state index is 0.731. The molecule has 19 heavy (non-hydrogen) atoms. The lowest BCUT2D eigenvalue weighted by Gasteiger charge is -1.89. The van der Waals surface area contributed by atoms with Crippen LogP contribution in [0.25, 0.3) is 11.0 Å². The molecule has 0 bridgehead atoms. The second kappa shape index (κ2) is 5.64. The number of nitrogens with one attached hydrogen (secondary N) is 1. The lowest BCUT2D eigenvalue weighted by Crippen LogP contribution is -1.77. The molecule has 92 valence electrons. The minimum Gasteiger partial charge on any atom is -0.333 e. The summed E-state index contributed by atoms with van der Waals surface area (Å²) in [5.74, 6) is 7.01. The molecule has 2 aromatic carbocycles. The number of aromatic amines is 1. The van der Waals surface area contributed by atoms with Crippen molar-refractivity contribution in [1.82, 2.24) is 9.97 Å². The van der Waals surface area contributed by atoms with E-state index in [0.29, 0.717) is 0 Å². The van der Waals surface area contributed by atoms with Crippen LogP contribution in [0.3, 0.4) is 0 Å². The molecule has 1 aromatic heterocycles. The molecule has 0 saturated heterocycles. The van der Waals surface area contributed by atoms with Crippen LogP contribution in [0.5, 0.6) is 0 Å². The van der Waals surface area contributed by atoms with E-state index < -0.39 is 0 Å². The van der Waals surface area contributed by atoms with E-state index in [0.717, 1.165) is 27.5 Å². The maximum Gasteiger partial charge on any atom is 0.167 e. The zero-order valence-electron chi connectivity index (χ0n) is 10.3. The summed E-state index contributed by atoms with van der Waals surface area (Å²) in [6, 6.07) is 18.0. The van der Waals surface area contributed by atoms with Crippen LogP contribution in [-0.4, -0.2) is 15.7 Å². The Bertz CT molecular complexity index is 702. The molecule has 0 radical (unpaired) electrons. The van der Waals surface area contributed by atoms with Gasteiger partial charge in [-0.3, -0.25) is 0 Å². The largest absolute Gasteiger partial charge is 0.333 e. The summed E-state index contributed by atoms with van der Waals surface area (Å²) in [5, 5.41) is 0.920. The highest BCUT2D eigenvalue weighted by Crippen LogP contribution is 2.18. The maximum absolute atomic E-state index is 4.50. The third-order valence-corrected chi connectivity index (χ3v) is 3.41. The van der Waals surface area contributed by atoms with Crippen molar-refractivity contribution in [3.8, 4) is 11.8 Å². The van der Waals surface area contributed by atoms with Crippen molar-refractivity contribution in [3.63, 3.8) is 0 Å². The molecular weight excluding hydrogens is 252 g/mol. The van der Waals surface area contributed by atoms with E-state index in [1.807, 2.05) is 54.6 Å². The molecule has 0 aliphatic rings. The topological polar surface area (TPSA) is 28.7 Å². The van der Waals surface area contributed by atoms with Crippen molar-refractivity contribution >= 4 is 22.8 Å². The first-order chi connectivity index (χ1) is 9.42. The van der Waals surface area contributed by atoms with Crippen molar-refractivity contribution < 1.29 is 0 Å². The van der Waals surface area contributed by atoms with Gasteiger partial charge in [0.1, 0.15) is 0 Å². The highest BCUT2D eigenvalue weighted by Gasteiger charge is 2.00. The van der Waals surface area contributed by atoms with Crippen LogP contribution in [0.15, 0.2) is 59.8 Å². The number of nitrogens with zero attached hydrogens (tertiary/aromatic N) is 1. The molecular formula is C16H12N2S. The molecule has 0 fully saturated rings. The summed E-state index contributed by atoms with van der Waals surface area (Å²) in [6.45, 7) is 0. The van der Waals surface area contributed by atoms with Crippen molar-refractivity contribution in [3.05, 3.63) is 60.2 Å². The van der Waals surface area contributed by atoms with Crippen LogP contribution in [0.2, 0.25) is 0 Å². The number of para-hydroxylation sites is 2. The zero-order valence-corrected chi connectivity index (χ0v) is 11.1. The van der Waals surface area contributed by atoms with Crippen molar-refractivity contribution in [2.24, 2.45) is 0 Å². The number of aromatic nitrogens is 2. The average molecular weight is 264 g/mol. The minimum atomic E-state index is 0.731. The molecule has 0 aliphatic carbocycles. The number of H-pyrrole nitrogens is 1. The number of benzene rings is 2. The number of fused-ring (bicyclic) bond motifs is 1. The molecule has 1 heterocycles. The third kappa shape index (κ3) is 2.98. The summed E-state index contributed by atoms with van der Waals surface area (Å²) >= 11 is 1.63. The van der Waals surface area contributed by atoms with Gasteiger partial charge in [-0.25, -0.2) is 4.98 Å². The van der Waals surface area contributed by atoms with Gasteiger partial charge in [0, 0.05) is 5.56 Å². The zero-order chi connectivity index (χ0) is 12.9. The van der Waals surface area contributed by atoms with Crippen LogP contribution in [0.1, 0.15) is 5.56 Å². The summed E-state index contributed by atoms with van der Waals surface area (Å²) in [4.78, 5) is 7.78. The Labute approximate surface area is 116 Å². The van der Waals surface area contributed by atoms with Gasteiger partial charge < -0.3 is 4.98 Å². The van der Waals surface area contributed by atoms with Crippen molar-refractivity contribution in [1.29, 1.82) is 0 Å². The van der Waals surface area contributed by atoms with Gasteiger partial charge in [-0.1, -0.05) is 53.9 Å². The molecule has 3 heteroatoms. The Morgan fingerprint density at radius 1 is 1.00 bits per heavy atom. The van der Waals surface area contributed by atoms with E-state index in [4.69, 9.17) is 0 Å². The first-order valence-electron chi connectivity index (χ1n) is 6.03. The standard InChI is InChI=1S/C16H12N2S/c1-2-7-13(8-3-1)9-6-12-19-16-17-14-10-4-5-11-15(14)18-16/h1-5,7-8,10-11H,12H2,(H,17,18). The number of hydrogen-bond donors (Lipinski definition) is 1. The number of thioether (sulfide) groups is 1. The molecule has 0 aliphatic heterocycles. The molecule has 2 nitrogen and oxygen atoms in total. The molecule has 0 unspecified atom stereocenters. The Morgan fingerprint density at radius 2 is 1.79 bits per heavy atom. The van der Waals surface area contributed by atoms with E-state index in [1.54, 1.807) is 11.8 Å². The summed E-state index contributed by atoms with van der Waals surface area (Å²) < 4.78 is 0. The Hall–Kier alpha value is -2.18. The SMILES string of the molecule is C(#Cc1ccccc1)CSc1nc2ccccc2[nH]1. The number of rotatable bonds is 2. The predicted molar refractivity (Wildman–Crippen MR) is 80.1 cm³/mol. The molecule has 0 amide bonds. The van der Waals surface area contributed by atoms with Crippen LogP contribution < -0.4 is 0 Å². The highest BCUT2D eigenvalue weighted by molar-refractivity contribution is 7.99. The fourth-order valence-corrected chi connectivity index (χ4v) is 2.39. The van der Waals surface area contributed by atoms with Crippen LogP contribution in [0, 0.1) is 11.8 Å². The Balaban J connectivity index is 1.65. The van der Waals surface area contributed by atoms with Gasteiger partial charge in [0.25, 0.3) is 0 Å². The Kier molecular flexibility index (Phi) is 3.53. The number of hydrogen-bond acceptors (Lipinski definition) is 2. The molecule has 0 saturated carbocycles. The van der Waals surface area contributed by atoms with E-state index in [1.165, 1.54) is 0 Å². The van der Waals surface area contributed by atoms with Crippen LogP contribution >= 0.6 is 11.8 Å². The maximum atomic E-state index is 4.50. The van der Waals surface area contributed by atoms with Gasteiger partial charge in [-0.2, -0.15) is 0 Å². The lowest BCUT2D eigenvalue weighted by atomic mass is 10.2. The van der Waals surface area contributed by atoms with Gasteiger partial charge in [-0.15, -0.1) is 0 Å². The Morgan fingerprint density at radius 3 is 2.63 bits per heavy atom. The van der Waals surface area contributed by atoms with Crippen molar-refractivity contribution in [2.75, 3.05) is 5.75 Å². The molecule has 0 spiro atoms. The summed E-state index contributed by atoms with van der Waals surface area (Å²) in [6.07, 6.45) is 0. The van der Waals surface area contributed by atoms with E-state index in [9.17, 15) is 0 Å². The van der Waals surface area contributed by atoms with Gasteiger partial charge in [0.2, 0.25) is 0 Å². The van der Waals surface area contributed by atoms with Gasteiger partial charge >= 0.3 is 0 Å². The van der Waals surface area contributed by atoms with Gasteiger partial charge in [0.15, 0.2) is 5.16 Å². The average Bonchev–Trinajstić information content (AvgIpc) is 2.87. The van der Waals surface area contributed by atoms with Gasteiger partial charge in [0.05, 0.1) is 16.8 Å². The lowest BCUT2D eigenvalue weighted by molar-refractivity contribution is 1.08. The highest BCUT2D eigenvalue weighted by atomic mass is 32.2. The molecule has 3 rings (SSSR count). The monoisotopic (exact) mass is 264 g/mol. The summed E-state index contributed by atoms with van der Waals surface area (Å²) in [7, 11) is 0. The van der Waals surface area contributed by atoms with E-state index in [-0.39, 0.29) is 0 Å². The molecule has 3 aromatic rings. The first-order valence-corrected chi connectivity index (χ1v) is 7.02. The smallest absolute Gasteiger partial charge is 0.167 e. The number of imidazole rings is 1. The molecule has 0 atom stereocenters. The first kappa shape index (κ1) is 11.9. The quantitative estimate of drug-likeness (QED) is 0.564. The van der Waals surface area contributed by atoms with E-state index in [2.05, 4.69) is 21.8 Å². The second-order valence-electron chi connectivity index (χ2n) is 4.02. The fourth-order valence-electron chi connectivity index (χ4n) is 1.76. The third-order valence-electron chi connectivity index (χ3n) is 2.66. The normalized spacial score (nSPS) is 10.1. The van der Waals surface area contributed by atoms with Crippen LogP contribution in [-0.2, 0) is 0 Å². The summed E-state index contributed by atoms with van der Waals surface area (Å²) in [5.41, 5.74) is 3.12.